The first-order valence-electron chi connectivity index (χ1n) is 6.97. The van der Waals surface area contributed by atoms with Gasteiger partial charge in [-0.3, -0.25) is 4.79 Å². The van der Waals surface area contributed by atoms with Crippen LogP contribution in [0.15, 0.2) is 18.3 Å². The van der Waals surface area contributed by atoms with E-state index in [2.05, 4.69) is 10.3 Å². The third-order valence-electron chi connectivity index (χ3n) is 3.68. The molecule has 0 unspecified atom stereocenters. The summed E-state index contributed by atoms with van der Waals surface area (Å²) in [5.74, 6) is 0.771. The van der Waals surface area contributed by atoms with Crippen LogP contribution in [-0.4, -0.2) is 36.6 Å². The lowest BCUT2D eigenvalue weighted by Crippen LogP contribution is -2.35. The molecular formula is C14H19N3O2. The van der Waals surface area contributed by atoms with Gasteiger partial charge < -0.3 is 15.0 Å². The summed E-state index contributed by atoms with van der Waals surface area (Å²) in [6.45, 7) is 2.73. The molecule has 3 heterocycles. The van der Waals surface area contributed by atoms with Crippen LogP contribution in [0.4, 0.5) is 5.69 Å². The van der Waals surface area contributed by atoms with Gasteiger partial charge in [0.1, 0.15) is 11.8 Å². The van der Waals surface area contributed by atoms with Crippen molar-refractivity contribution < 1.29 is 9.53 Å². The molecule has 1 aromatic heterocycles. The summed E-state index contributed by atoms with van der Waals surface area (Å²) in [4.78, 5) is 18.0. The molecule has 19 heavy (non-hydrogen) atoms. The average Bonchev–Trinajstić information content (AvgIpc) is 2.87. The predicted molar refractivity (Wildman–Crippen MR) is 72.3 cm³/mol. The second-order valence-corrected chi connectivity index (χ2v) is 5.04. The molecule has 0 aromatic carbocycles. The Kier molecular flexibility index (Phi) is 3.64. The molecule has 0 aliphatic carbocycles. The van der Waals surface area contributed by atoms with Gasteiger partial charge >= 0.3 is 0 Å². The largest absolute Gasteiger partial charge is 0.473 e. The second-order valence-electron chi connectivity index (χ2n) is 5.04. The third kappa shape index (κ3) is 2.71. The Morgan fingerprint density at radius 1 is 1.37 bits per heavy atom. The molecule has 0 atom stereocenters. The summed E-state index contributed by atoms with van der Waals surface area (Å²) in [6.07, 6.45) is 5.45. The highest BCUT2D eigenvalue weighted by Gasteiger charge is 2.26. The van der Waals surface area contributed by atoms with Gasteiger partial charge in [0.25, 0.3) is 0 Å². The molecule has 3 rings (SSSR count). The molecule has 0 spiro atoms. The van der Waals surface area contributed by atoms with Gasteiger partial charge in [-0.05, 0) is 44.5 Å². The lowest BCUT2D eigenvalue weighted by Gasteiger charge is -2.26. The van der Waals surface area contributed by atoms with E-state index < -0.39 is 0 Å². The summed E-state index contributed by atoms with van der Waals surface area (Å²) >= 11 is 0. The predicted octanol–water partition coefficient (Wildman–Crippen LogP) is 1.34. The van der Waals surface area contributed by atoms with Crippen molar-refractivity contribution in [1.29, 1.82) is 0 Å². The van der Waals surface area contributed by atoms with Crippen LogP contribution in [0, 0.1) is 0 Å². The lowest BCUT2D eigenvalue weighted by molar-refractivity contribution is -0.117. The number of amides is 1. The Balaban J connectivity index is 1.78. The zero-order chi connectivity index (χ0) is 13.1. The summed E-state index contributed by atoms with van der Waals surface area (Å²) in [5.41, 5.74) is 0.823. The van der Waals surface area contributed by atoms with E-state index in [-0.39, 0.29) is 12.0 Å². The number of rotatable bonds is 3. The Bertz CT molecular complexity index is 458. The van der Waals surface area contributed by atoms with Crippen LogP contribution in [0.5, 0.6) is 5.88 Å². The maximum absolute atomic E-state index is 11.9. The number of hydrogen-bond donors (Lipinski definition) is 1. The molecule has 0 saturated carbocycles. The van der Waals surface area contributed by atoms with Crippen molar-refractivity contribution >= 4 is 11.6 Å². The molecular weight excluding hydrogens is 242 g/mol. The molecule has 2 fully saturated rings. The van der Waals surface area contributed by atoms with E-state index >= 15 is 0 Å². The van der Waals surface area contributed by atoms with Gasteiger partial charge in [-0.1, -0.05) is 0 Å². The van der Waals surface area contributed by atoms with Crippen LogP contribution in [0.2, 0.25) is 0 Å². The monoisotopic (exact) mass is 261 g/mol. The Morgan fingerprint density at radius 3 is 2.95 bits per heavy atom. The van der Waals surface area contributed by atoms with Gasteiger partial charge in [0, 0.05) is 19.2 Å². The molecule has 1 amide bonds. The Labute approximate surface area is 113 Å². The van der Waals surface area contributed by atoms with Crippen molar-refractivity contribution in [3.05, 3.63) is 18.3 Å². The number of hydrogen-bond acceptors (Lipinski definition) is 4. The highest BCUT2D eigenvalue weighted by Crippen LogP contribution is 2.30. The fourth-order valence-electron chi connectivity index (χ4n) is 2.65. The minimum absolute atomic E-state index is 0.170. The maximum Gasteiger partial charge on any atom is 0.238 e. The van der Waals surface area contributed by atoms with Crippen molar-refractivity contribution in [1.82, 2.24) is 10.3 Å². The highest BCUT2D eigenvalue weighted by atomic mass is 16.5. The number of ether oxygens (including phenoxy) is 1. The molecule has 2 saturated heterocycles. The van der Waals surface area contributed by atoms with Crippen molar-refractivity contribution in [2.24, 2.45) is 0 Å². The summed E-state index contributed by atoms with van der Waals surface area (Å²) in [6, 6.07) is 3.78. The fourth-order valence-corrected chi connectivity index (χ4v) is 2.65. The first kappa shape index (κ1) is 12.4. The molecule has 0 bridgehead atoms. The van der Waals surface area contributed by atoms with Crippen LogP contribution < -0.4 is 15.0 Å². The number of anilines is 1. The summed E-state index contributed by atoms with van der Waals surface area (Å²) in [7, 11) is 0. The van der Waals surface area contributed by atoms with Crippen LogP contribution >= 0.6 is 0 Å². The smallest absolute Gasteiger partial charge is 0.238 e. The minimum atomic E-state index is 0.170. The van der Waals surface area contributed by atoms with Gasteiger partial charge in [-0.25, -0.2) is 4.98 Å². The van der Waals surface area contributed by atoms with E-state index in [0.717, 1.165) is 44.6 Å². The fraction of sp³-hybridized carbons (Fsp3) is 0.571. The van der Waals surface area contributed by atoms with E-state index in [0.29, 0.717) is 12.3 Å². The summed E-state index contributed by atoms with van der Waals surface area (Å²) < 4.78 is 6.00. The van der Waals surface area contributed by atoms with E-state index in [1.165, 1.54) is 0 Å². The Hall–Kier alpha value is -1.62. The van der Waals surface area contributed by atoms with E-state index in [9.17, 15) is 4.79 Å². The van der Waals surface area contributed by atoms with E-state index in [4.69, 9.17) is 4.74 Å². The number of nitrogens with zero attached hydrogens (tertiary/aromatic N) is 2. The van der Waals surface area contributed by atoms with E-state index in [1.54, 1.807) is 11.1 Å². The first-order chi connectivity index (χ1) is 9.34. The lowest BCUT2D eigenvalue weighted by atomic mass is 10.1. The molecule has 2 aliphatic heterocycles. The van der Waals surface area contributed by atoms with Gasteiger partial charge in [0.05, 0.1) is 0 Å². The second kappa shape index (κ2) is 5.57. The van der Waals surface area contributed by atoms with Crippen molar-refractivity contribution in [2.45, 2.75) is 31.8 Å². The molecule has 5 nitrogen and oxygen atoms in total. The molecule has 1 aromatic rings. The maximum atomic E-state index is 11.9. The summed E-state index contributed by atoms with van der Waals surface area (Å²) in [5, 5.41) is 3.31. The van der Waals surface area contributed by atoms with Gasteiger partial charge in [-0.15, -0.1) is 0 Å². The van der Waals surface area contributed by atoms with Crippen molar-refractivity contribution in [3.8, 4) is 5.88 Å². The molecule has 1 N–H and O–H groups in total. The Morgan fingerprint density at radius 2 is 2.21 bits per heavy atom. The quantitative estimate of drug-likeness (QED) is 0.892. The minimum Gasteiger partial charge on any atom is -0.473 e. The van der Waals surface area contributed by atoms with Gasteiger partial charge in [0.15, 0.2) is 0 Å². The molecule has 2 aliphatic rings. The number of aromatic nitrogens is 1. The molecule has 102 valence electrons. The van der Waals surface area contributed by atoms with E-state index in [1.807, 2.05) is 12.1 Å². The van der Waals surface area contributed by atoms with Gasteiger partial charge in [-0.2, -0.15) is 0 Å². The third-order valence-corrected chi connectivity index (χ3v) is 3.68. The van der Waals surface area contributed by atoms with Crippen LogP contribution in [0.25, 0.3) is 0 Å². The van der Waals surface area contributed by atoms with Crippen LogP contribution in [-0.2, 0) is 4.79 Å². The molecule has 0 radical (unpaired) electrons. The number of nitrogens with one attached hydrogen (secondary N) is 1. The van der Waals surface area contributed by atoms with Crippen molar-refractivity contribution in [3.63, 3.8) is 0 Å². The first-order valence-corrected chi connectivity index (χ1v) is 6.97. The zero-order valence-electron chi connectivity index (χ0n) is 11.0. The topological polar surface area (TPSA) is 54.5 Å². The number of piperidine rings is 1. The number of carbonyl (C=O) groups is 1. The standard InChI is InChI=1S/C14H19N3O2/c18-13-4-2-10-17(13)12-3-1-7-16-14(12)19-11-5-8-15-9-6-11/h1,3,7,11,15H,2,4-6,8-10H2. The normalized spacial score (nSPS) is 20.8. The number of carbonyl (C=O) groups excluding carboxylic acids is 1. The van der Waals surface area contributed by atoms with Gasteiger partial charge in [0.2, 0.25) is 11.8 Å². The number of pyridine rings is 1. The van der Waals surface area contributed by atoms with Crippen LogP contribution in [0.3, 0.4) is 0 Å². The van der Waals surface area contributed by atoms with Crippen molar-refractivity contribution in [2.75, 3.05) is 24.5 Å². The van der Waals surface area contributed by atoms with Crippen LogP contribution in [0.1, 0.15) is 25.7 Å². The zero-order valence-corrected chi connectivity index (χ0v) is 11.0. The average molecular weight is 261 g/mol. The molecule has 5 heteroatoms. The highest BCUT2D eigenvalue weighted by molar-refractivity contribution is 5.96. The SMILES string of the molecule is O=C1CCCN1c1cccnc1OC1CCNCC1.